The van der Waals surface area contributed by atoms with Gasteiger partial charge in [0.05, 0.1) is 18.3 Å². The van der Waals surface area contributed by atoms with Crippen molar-refractivity contribution >= 4 is 11.9 Å². The molecule has 2 fully saturated rings. The van der Waals surface area contributed by atoms with Crippen molar-refractivity contribution in [3.63, 3.8) is 0 Å². The molecule has 2 aromatic carbocycles. The van der Waals surface area contributed by atoms with E-state index in [1.807, 2.05) is 38.1 Å². The van der Waals surface area contributed by atoms with Crippen molar-refractivity contribution in [2.75, 3.05) is 19.8 Å². The highest BCUT2D eigenvalue weighted by molar-refractivity contribution is 5.97. The van der Waals surface area contributed by atoms with Crippen molar-refractivity contribution in [3.05, 3.63) is 124 Å². The molecule has 314 valence electrons. The molecule has 2 aliphatic carbocycles. The van der Waals surface area contributed by atoms with E-state index in [2.05, 4.69) is 54.1 Å². The number of ketones is 1. The first kappa shape index (κ1) is 44.0. The van der Waals surface area contributed by atoms with Crippen molar-refractivity contribution in [1.82, 2.24) is 5.32 Å². The molecule has 9 heteroatoms. The number of Topliss-reactive ketones (excluding diaryl/α,β-unsaturated/α-hetero) is 1. The number of hydrogen-bond donors (Lipinski definition) is 5. The van der Waals surface area contributed by atoms with Crippen LogP contribution < -0.4 is 15.8 Å². The van der Waals surface area contributed by atoms with Crippen LogP contribution in [0.1, 0.15) is 107 Å². The van der Waals surface area contributed by atoms with E-state index < -0.39 is 29.4 Å². The number of amides is 1. The van der Waals surface area contributed by atoms with Crippen molar-refractivity contribution in [2.45, 2.75) is 115 Å². The van der Waals surface area contributed by atoms with Crippen molar-refractivity contribution in [1.29, 1.82) is 0 Å². The van der Waals surface area contributed by atoms with Gasteiger partial charge < -0.3 is 35.8 Å². The second-order valence-electron chi connectivity index (χ2n) is 16.9. The predicted molar refractivity (Wildman–Crippen MR) is 231 cm³/mol. The Kier molecular flexibility index (Phi) is 15.0. The van der Waals surface area contributed by atoms with Crippen LogP contribution in [-0.2, 0) is 22.4 Å². The maximum Gasteiger partial charge on any atom is 0.414 e. The third-order valence-corrected chi connectivity index (χ3v) is 13.2. The number of para-hydroxylation sites is 1. The number of hydrogen-bond acceptors (Lipinski definition) is 8. The van der Waals surface area contributed by atoms with Gasteiger partial charge in [0, 0.05) is 41.9 Å². The van der Waals surface area contributed by atoms with E-state index >= 15 is 0 Å². The first-order valence-electron chi connectivity index (χ1n) is 21.3. The quantitative estimate of drug-likeness (QED) is 0.0870. The number of benzene rings is 2. The van der Waals surface area contributed by atoms with Crippen LogP contribution in [0.15, 0.2) is 107 Å². The summed E-state index contributed by atoms with van der Waals surface area (Å²) in [6, 6.07) is 15.9. The number of aliphatic hydroxyl groups is 3. The molecule has 2 aromatic rings. The van der Waals surface area contributed by atoms with Crippen LogP contribution in [0.2, 0.25) is 0 Å². The van der Waals surface area contributed by atoms with Gasteiger partial charge in [0.15, 0.2) is 5.78 Å². The molecule has 0 radical (unpaired) electrons. The number of aliphatic hydroxyl groups excluding tert-OH is 2. The SMILES string of the molecule is C=C1C=CC=C(C2CCC3(C(CCCO)C(=C(C)C(=O)Cc4cccc5c4OC(=O)NC5N)CCC3(C)O)C2O)COCC#CCC(CCCc2ccccc2)=CCC1. The van der Waals surface area contributed by atoms with Crippen molar-refractivity contribution in [3.8, 4) is 17.6 Å². The molecule has 6 atom stereocenters. The Hall–Kier alpha value is -4.56. The molecule has 1 amide bonds. The van der Waals surface area contributed by atoms with E-state index in [4.69, 9.17) is 15.2 Å². The van der Waals surface area contributed by atoms with Crippen LogP contribution >= 0.6 is 0 Å². The van der Waals surface area contributed by atoms with Crippen molar-refractivity contribution in [2.24, 2.45) is 23.0 Å². The number of rotatable bonds is 11. The molecule has 9 nitrogen and oxygen atoms in total. The van der Waals surface area contributed by atoms with Crippen LogP contribution in [-0.4, -0.2) is 58.7 Å². The summed E-state index contributed by atoms with van der Waals surface area (Å²) in [6.07, 6.45) is 14.5. The van der Waals surface area contributed by atoms with Gasteiger partial charge in [-0.2, -0.15) is 0 Å². The van der Waals surface area contributed by atoms with E-state index in [-0.39, 0.29) is 43.9 Å². The predicted octanol–water partition coefficient (Wildman–Crippen LogP) is 8.06. The summed E-state index contributed by atoms with van der Waals surface area (Å²) in [5, 5.41) is 37.6. The second-order valence-corrected chi connectivity index (χ2v) is 16.9. The lowest BCUT2D eigenvalue weighted by Crippen LogP contribution is -2.59. The molecule has 0 bridgehead atoms. The van der Waals surface area contributed by atoms with E-state index in [0.717, 1.165) is 48.8 Å². The average molecular weight is 803 g/mol. The van der Waals surface area contributed by atoms with Crippen LogP contribution in [0.3, 0.4) is 0 Å². The number of ether oxygens (including phenoxy) is 2. The van der Waals surface area contributed by atoms with E-state index in [0.29, 0.717) is 67.4 Å². The zero-order valence-electron chi connectivity index (χ0n) is 34.8. The second kappa shape index (κ2) is 20.1. The number of fused-ring (bicyclic) bond motifs is 1. The minimum Gasteiger partial charge on any atom is -0.410 e. The first-order valence-corrected chi connectivity index (χ1v) is 21.3. The summed E-state index contributed by atoms with van der Waals surface area (Å²) in [4.78, 5) is 26.4. The molecule has 2 aliphatic heterocycles. The monoisotopic (exact) mass is 802 g/mol. The highest BCUT2D eigenvalue weighted by atomic mass is 16.6. The van der Waals surface area contributed by atoms with E-state index in [1.54, 1.807) is 18.2 Å². The lowest BCUT2D eigenvalue weighted by molar-refractivity contribution is -0.167. The summed E-state index contributed by atoms with van der Waals surface area (Å²) in [5.41, 5.74) is 11.2. The zero-order chi connectivity index (χ0) is 42.0. The lowest BCUT2D eigenvalue weighted by Gasteiger charge is -2.55. The summed E-state index contributed by atoms with van der Waals surface area (Å²) in [7, 11) is 0. The highest BCUT2D eigenvalue weighted by Crippen LogP contribution is 2.63. The lowest BCUT2D eigenvalue weighted by atomic mass is 9.52. The molecule has 6 unspecified atom stereocenters. The summed E-state index contributed by atoms with van der Waals surface area (Å²) >= 11 is 0. The van der Waals surface area contributed by atoms with Gasteiger partial charge >= 0.3 is 6.09 Å². The Morgan fingerprint density at radius 2 is 1.88 bits per heavy atom. The minimum absolute atomic E-state index is 0.00379. The van der Waals surface area contributed by atoms with Gasteiger partial charge in [-0.15, -0.1) is 0 Å². The maximum atomic E-state index is 14.2. The van der Waals surface area contributed by atoms with Crippen LogP contribution in [0.5, 0.6) is 5.75 Å². The van der Waals surface area contributed by atoms with Gasteiger partial charge in [-0.05, 0) is 107 Å². The fraction of sp³-hybridized carbons (Fsp3) is 0.480. The molecule has 4 aliphatic rings. The summed E-state index contributed by atoms with van der Waals surface area (Å²) < 4.78 is 11.7. The molecule has 0 aromatic heterocycles. The fourth-order valence-corrected chi connectivity index (χ4v) is 9.99. The van der Waals surface area contributed by atoms with Gasteiger partial charge in [0.25, 0.3) is 0 Å². The molecule has 2 heterocycles. The topological polar surface area (TPSA) is 151 Å². The molecule has 6 rings (SSSR count). The Morgan fingerprint density at radius 1 is 1.07 bits per heavy atom. The summed E-state index contributed by atoms with van der Waals surface area (Å²) in [6.45, 7) is 8.45. The van der Waals surface area contributed by atoms with E-state index in [9.17, 15) is 24.9 Å². The van der Waals surface area contributed by atoms with Gasteiger partial charge in [-0.3, -0.25) is 4.79 Å². The van der Waals surface area contributed by atoms with Crippen LogP contribution in [0, 0.1) is 29.1 Å². The number of carbonyl (C=O) groups excluding carboxylic acids is 2. The van der Waals surface area contributed by atoms with Gasteiger partial charge in [-0.25, -0.2) is 4.79 Å². The Morgan fingerprint density at radius 3 is 2.68 bits per heavy atom. The molecular formula is C50H62N2O7. The molecule has 2 saturated carbocycles. The standard InChI is InChI=1S/C50H62N2O7/c1-34-14-9-19-37(21-11-20-36-16-5-4-6-17-36)18-7-8-31-58-33-39(23-10-15-34)41-27-29-50(46(41)55)43(25-13-30-53)40(26-28-49(50,3)57)35(2)44(54)32-38-22-12-24-42-45(38)59-48(56)52-47(42)51/h4-6,10,12,15-17,19,22-24,41,43,46-47,53,55,57H,1,9,11,13-14,18,20-21,25-33,51H2,2-3H3,(H,52,56). The maximum absolute atomic E-state index is 14.2. The number of aryl methyl sites for hydroxylation is 1. The molecule has 0 saturated heterocycles. The Balaban J connectivity index is 1.21. The van der Waals surface area contributed by atoms with Gasteiger partial charge in [0.2, 0.25) is 0 Å². The molecular weight excluding hydrogens is 741 g/mol. The summed E-state index contributed by atoms with van der Waals surface area (Å²) in [5.74, 6) is 6.05. The molecule has 1 spiro atoms. The number of carbonyl (C=O) groups is 2. The smallest absolute Gasteiger partial charge is 0.410 e. The average Bonchev–Trinajstić information content (AvgIpc) is 3.55. The van der Waals surface area contributed by atoms with Crippen molar-refractivity contribution < 1.29 is 34.4 Å². The molecule has 6 N–H and O–H groups in total. The normalized spacial score (nSPS) is 28.5. The number of allylic oxidation sites excluding steroid dienone is 8. The highest BCUT2D eigenvalue weighted by Gasteiger charge is 2.64. The Labute approximate surface area is 350 Å². The fourth-order valence-electron chi connectivity index (χ4n) is 9.99. The Bertz CT molecular complexity index is 2030. The number of nitrogens with one attached hydrogen (secondary N) is 1. The van der Waals surface area contributed by atoms with Gasteiger partial charge in [0.1, 0.15) is 18.5 Å². The van der Waals surface area contributed by atoms with Gasteiger partial charge in [-0.1, -0.05) is 108 Å². The molecule has 59 heavy (non-hydrogen) atoms. The largest absolute Gasteiger partial charge is 0.414 e. The van der Waals surface area contributed by atoms with Crippen LogP contribution in [0.4, 0.5) is 4.79 Å². The first-order chi connectivity index (χ1) is 28.4. The third-order valence-electron chi connectivity index (χ3n) is 13.2. The zero-order valence-corrected chi connectivity index (χ0v) is 34.8. The number of nitrogens with two attached hydrogens (primary N) is 1. The van der Waals surface area contributed by atoms with E-state index in [1.165, 1.54) is 11.1 Å². The third kappa shape index (κ3) is 10.3. The minimum atomic E-state index is -1.24. The van der Waals surface area contributed by atoms with Crippen LogP contribution in [0.25, 0.3) is 0 Å².